The fourth-order valence-electron chi connectivity index (χ4n) is 1.76. The van der Waals surface area contributed by atoms with Crippen LogP contribution in [-0.4, -0.2) is 29.3 Å². The molecule has 20 heavy (non-hydrogen) atoms. The van der Waals surface area contributed by atoms with Gasteiger partial charge in [-0.2, -0.15) is 5.10 Å². The second kappa shape index (κ2) is 6.85. The molecule has 0 saturated carbocycles. The molecule has 0 aliphatic rings. The number of benzene rings is 1. The van der Waals surface area contributed by atoms with Crippen LogP contribution in [-0.2, 0) is 11.3 Å². The van der Waals surface area contributed by atoms with Crippen molar-refractivity contribution in [2.75, 3.05) is 13.7 Å². The summed E-state index contributed by atoms with van der Waals surface area (Å²) in [4.78, 5) is 12.6. The number of carbonyl (C=O) groups excluding carboxylic acids is 1. The number of methoxy groups -OCH3 is 1. The van der Waals surface area contributed by atoms with E-state index in [0.717, 1.165) is 4.47 Å². The highest BCUT2D eigenvalue weighted by Gasteiger charge is 2.19. The number of hydrogen-bond donors (Lipinski definition) is 0. The van der Waals surface area contributed by atoms with Crippen molar-refractivity contribution < 1.29 is 9.53 Å². The molecule has 0 aliphatic carbocycles. The monoisotopic (exact) mass is 420 g/mol. The van der Waals surface area contributed by atoms with E-state index in [4.69, 9.17) is 16.3 Å². The van der Waals surface area contributed by atoms with Gasteiger partial charge < -0.3 is 4.74 Å². The Morgan fingerprint density at radius 2 is 2.15 bits per heavy atom. The van der Waals surface area contributed by atoms with Crippen LogP contribution >= 0.6 is 43.5 Å². The van der Waals surface area contributed by atoms with Crippen LogP contribution in [0.3, 0.4) is 0 Å². The standard InChI is InChI=1S/C13H11Br2ClN2O2/c1-20-3-2-18-12(11(15)7-17-18)13(19)8-4-9(14)6-10(16)5-8/h4-7H,2-3H2,1H3. The van der Waals surface area contributed by atoms with Crippen LogP contribution in [0, 0.1) is 0 Å². The Morgan fingerprint density at radius 1 is 1.40 bits per heavy atom. The van der Waals surface area contributed by atoms with Crippen LogP contribution in [0.5, 0.6) is 0 Å². The third-order valence-electron chi connectivity index (χ3n) is 2.64. The van der Waals surface area contributed by atoms with Crippen LogP contribution < -0.4 is 0 Å². The van der Waals surface area contributed by atoms with Gasteiger partial charge in [-0.3, -0.25) is 9.48 Å². The fraction of sp³-hybridized carbons (Fsp3) is 0.231. The van der Waals surface area contributed by atoms with Gasteiger partial charge in [0.25, 0.3) is 0 Å². The maximum atomic E-state index is 12.6. The molecule has 7 heteroatoms. The van der Waals surface area contributed by atoms with E-state index in [2.05, 4.69) is 37.0 Å². The first-order valence-electron chi connectivity index (χ1n) is 5.74. The highest BCUT2D eigenvalue weighted by Crippen LogP contribution is 2.24. The topological polar surface area (TPSA) is 44.1 Å². The predicted octanol–water partition coefficient (Wildman–Crippen LogP) is 3.94. The van der Waals surface area contributed by atoms with Crippen molar-refractivity contribution in [2.24, 2.45) is 0 Å². The van der Waals surface area contributed by atoms with Crippen LogP contribution in [0.1, 0.15) is 16.1 Å². The highest BCUT2D eigenvalue weighted by molar-refractivity contribution is 9.10. The molecule has 0 amide bonds. The van der Waals surface area contributed by atoms with Gasteiger partial charge in [-0.05, 0) is 34.1 Å². The second-order valence-electron chi connectivity index (χ2n) is 4.04. The molecule has 0 radical (unpaired) electrons. The summed E-state index contributed by atoms with van der Waals surface area (Å²) in [6.45, 7) is 0.985. The molecule has 1 aromatic heterocycles. The minimum absolute atomic E-state index is 0.145. The van der Waals surface area contributed by atoms with E-state index in [-0.39, 0.29) is 5.78 Å². The van der Waals surface area contributed by atoms with Crippen molar-refractivity contribution in [2.45, 2.75) is 6.54 Å². The van der Waals surface area contributed by atoms with Gasteiger partial charge in [0, 0.05) is 22.2 Å². The number of halogens is 3. The third kappa shape index (κ3) is 3.49. The van der Waals surface area contributed by atoms with E-state index >= 15 is 0 Å². The summed E-state index contributed by atoms with van der Waals surface area (Å²) in [5, 5.41) is 4.67. The largest absolute Gasteiger partial charge is 0.383 e. The summed E-state index contributed by atoms with van der Waals surface area (Å²) in [5.74, 6) is -0.145. The quantitative estimate of drug-likeness (QED) is 0.686. The molecule has 2 rings (SSSR count). The summed E-state index contributed by atoms with van der Waals surface area (Å²) in [6.07, 6.45) is 1.60. The van der Waals surface area contributed by atoms with Crippen molar-refractivity contribution in [3.05, 3.63) is 49.6 Å². The number of carbonyl (C=O) groups is 1. The van der Waals surface area contributed by atoms with Gasteiger partial charge in [-0.25, -0.2) is 0 Å². The molecular formula is C13H11Br2ClN2O2. The summed E-state index contributed by atoms with van der Waals surface area (Å²) in [7, 11) is 1.61. The smallest absolute Gasteiger partial charge is 0.212 e. The van der Waals surface area contributed by atoms with E-state index < -0.39 is 0 Å². The van der Waals surface area contributed by atoms with Crippen LogP contribution in [0.2, 0.25) is 5.02 Å². The van der Waals surface area contributed by atoms with Crippen LogP contribution in [0.25, 0.3) is 0 Å². The summed E-state index contributed by atoms with van der Waals surface area (Å²) in [5.41, 5.74) is 0.987. The maximum Gasteiger partial charge on any atom is 0.212 e. The molecular weight excluding hydrogens is 411 g/mol. The van der Waals surface area contributed by atoms with E-state index in [1.807, 2.05) is 0 Å². The minimum Gasteiger partial charge on any atom is -0.383 e. The van der Waals surface area contributed by atoms with E-state index in [1.54, 1.807) is 36.2 Å². The van der Waals surface area contributed by atoms with Crippen molar-refractivity contribution in [3.63, 3.8) is 0 Å². The summed E-state index contributed by atoms with van der Waals surface area (Å²) < 4.78 is 8.04. The first kappa shape index (κ1) is 15.7. The van der Waals surface area contributed by atoms with Crippen molar-refractivity contribution in [1.82, 2.24) is 9.78 Å². The Balaban J connectivity index is 2.39. The van der Waals surface area contributed by atoms with Gasteiger partial charge >= 0.3 is 0 Å². The van der Waals surface area contributed by atoms with E-state index in [1.165, 1.54) is 0 Å². The lowest BCUT2D eigenvalue weighted by Gasteiger charge is -2.08. The lowest BCUT2D eigenvalue weighted by atomic mass is 10.1. The van der Waals surface area contributed by atoms with Crippen molar-refractivity contribution >= 4 is 49.2 Å². The normalized spacial score (nSPS) is 10.8. The Labute approximate surface area is 138 Å². The number of aromatic nitrogens is 2. The Bertz CT molecular complexity index is 623. The Kier molecular flexibility index (Phi) is 5.37. The SMILES string of the molecule is COCCn1ncc(Br)c1C(=O)c1cc(Cl)cc(Br)c1. The molecule has 106 valence electrons. The zero-order chi connectivity index (χ0) is 14.7. The molecule has 0 N–H and O–H groups in total. The fourth-order valence-corrected chi connectivity index (χ4v) is 3.09. The molecule has 0 saturated heterocycles. The summed E-state index contributed by atoms with van der Waals surface area (Å²) in [6, 6.07) is 5.10. The number of ketones is 1. The predicted molar refractivity (Wildman–Crippen MR) is 84.4 cm³/mol. The van der Waals surface area contributed by atoms with Gasteiger partial charge in [0.15, 0.2) is 0 Å². The Morgan fingerprint density at radius 3 is 2.80 bits per heavy atom. The molecule has 4 nitrogen and oxygen atoms in total. The van der Waals surface area contributed by atoms with Gasteiger partial charge in [0.1, 0.15) is 5.69 Å². The average molecular weight is 423 g/mol. The molecule has 0 unspecified atom stereocenters. The molecule has 0 fully saturated rings. The maximum absolute atomic E-state index is 12.6. The van der Waals surface area contributed by atoms with Crippen LogP contribution in [0.15, 0.2) is 33.3 Å². The molecule has 0 spiro atoms. The third-order valence-corrected chi connectivity index (χ3v) is 3.90. The van der Waals surface area contributed by atoms with Crippen molar-refractivity contribution in [3.8, 4) is 0 Å². The molecule has 0 atom stereocenters. The number of nitrogens with zero attached hydrogens (tertiary/aromatic N) is 2. The number of rotatable bonds is 5. The average Bonchev–Trinajstić information content (AvgIpc) is 2.75. The lowest BCUT2D eigenvalue weighted by Crippen LogP contribution is -2.14. The molecule has 2 aromatic rings. The highest BCUT2D eigenvalue weighted by atomic mass is 79.9. The summed E-state index contributed by atoms with van der Waals surface area (Å²) >= 11 is 12.7. The first-order valence-corrected chi connectivity index (χ1v) is 7.70. The zero-order valence-corrected chi connectivity index (χ0v) is 14.5. The number of hydrogen-bond acceptors (Lipinski definition) is 3. The molecule has 1 heterocycles. The second-order valence-corrected chi connectivity index (χ2v) is 6.25. The van der Waals surface area contributed by atoms with Gasteiger partial charge in [0.05, 0.1) is 23.8 Å². The van der Waals surface area contributed by atoms with E-state index in [0.29, 0.717) is 33.9 Å². The van der Waals surface area contributed by atoms with Gasteiger partial charge in [-0.15, -0.1) is 0 Å². The van der Waals surface area contributed by atoms with Gasteiger partial charge in [-0.1, -0.05) is 27.5 Å². The van der Waals surface area contributed by atoms with E-state index in [9.17, 15) is 4.79 Å². The molecule has 0 aliphatic heterocycles. The minimum atomic E-state index is -0.145. The van der Waals surface area contributed by atoms with Crippen LogP contribution in [0.4, 0.5) is 0 Å². The molecule has 0 bridgehead atoms. The van der Waals surface area contributed by atoms with Gasteiger partial charge in [0.2, 0.25) is 5.78 Å². The Hall–Kier alpha value is -0.690. The molecule has 1 aromatic carbocycles. The number of ether oxygens (including phenoxy) is 1. The lowest BCUT2D eigenvalue weighted by molar-refractivity contribution is 0.102. The van der Waals surface area contributed by atoms with Crippen molar-refractivity contribution in [1.29, 1.82) is 0 Å². The zero-order valence-electron chi connectivity index (χ0n) is 10.6. The first-order chi connectivity index (χ1) is 9.52.